The van der Waals surface area contributed by atoms with E-state index in [1.807, 2.05) is 26.0 Å². The van der Waals surface area contributed by atoms with E-state index < -0.39 is 0 Å². The van der Waals surface area contributed by atoms with E-state index in [2.05, 4.69) is 24.5 Å². The van der Waals surface area contributed by atoms with Crippen molar-refractivity contribution < 1.29 is 4.74 Å². The molecule has 0 aliphatic heterocycles. The number of nitrogens with zero attached hydrogens (tertiary/aromatic N) is 2. The number of fused-ring (bicyclic) bond motifs is 1. The quantitative estimate of drug-likeness (QED) is 0.707. The summed E-state index contributed by atoms with van der Waals surface area (Å²) in [7, 11) is 0. The molecule has 1 aromatic carbocycles. The summed E-state index contributed by atoms with van der Waals surface area (Å²) in [6, 6.07) is 6.49. The van der Waals surface area contributed by atoms with Gasteiger partial charge in [0.25, 0.3) is 0 Å². The molecule has 0 aliphatic rings. The van der Waals surface area contributed by atoms with Crippen molar-refractivity contribution in [3.63, 3.8) is 0 Å². The minimum atomic E-state index is 0.137. The third kappa shape index (κ3) is 2.93. The first-order chi connectivity index (χ1) is 9.58. The number of benzene rings is 1. The Morgan fingerprint density at radius 2 is 2.05 bits per heavy atom. The Balaban J connectivity index is 2.56. The Kier molecular flexibility index (Phi) is 4.92. The second-order valence-corrected chi connectivity index (χ2v) is 5.73. The Labute approximate surface area is 125 Å². The molecule has 0 aliphatic carbocycles. The van der Waals surface area contributed by atoms with Crippen LogP contribution in [0.3, 0.4) is 0 Å². The van der Waals surface area contributed by atoms with Gasteiger partial charge >= 0.3 is 0 Å². The van der Waals surface area contributed by atoms with Crippen LogP contribution in [0.25, 0.3) is 11.0 Å². The summed E-state index contributed by atoms with van der Waals surface area (Å²) < 4.78 is 8.11. The van der Waals surface area contributed by atoms with E-state index in [9.17, 15) is 0 Å². The maximum Gasteiger partial charge on any atom is 0.147 e. The molecule has 0 saturated heterocycles. The first-order valence-corrected chi connectivity index (χ1v) is 7.84. The van der Waals surface area contributed by atoms with Gasteiger partial charge < -0.3 is 9.30 Å². The lowest BCUT2D eigenvalue weighted by atomic mass is 10.2. The molecule has 2 aromatic rings. The molecule has 110 valence electrons. The summed E-state index contributed by atoms with van der Waals surface area (Å²) in [5, 5.41) is 0. The number of alkyl halides is 1. The van der Waals surface area contributed by atoms with Gasteiger partial charge in [0.05, 0.1) is 17.5 Å². The highest BCUT2D eigenvalue weighted by atomic mass is 35.5. The number of hydrogen-bond donors (Lipinski definition) is 0. The molecule has 0 amide bonds. The van der Waals surface area contributed by atoms with Crippen molar-refractivity contribution in [2.24, 2.45) is 0 Å². The zero-order valence-corrected chi connectivity index (χ0v) is 13.4. The van der Waals surface area contributed by atoms with Crippen molar-refractivity contribution in [1.82, 2.24) is 9.55 Å². The number of halogens is 1. The summed E-state index contributed by atoms with van der Waals surface area (Å²) in [5.74, 6) is 2.18. The van der Waals surface area contributed by atoms with Gasteiger partial charge in [-0.05, 0) is 39.3 Å². The van der Waals surface area contributed by atoms with E-state index >= 15 is 0 Å². The first-order valence-electron chi connectivity index (χ1n) is 7.30. The number of imidazole rings is 1. The molecular formula is C16H23ClN2O. The zero-order valence-electron chi connectivity index (χ0n) is 12.7. The predicted octanol–water partition coefficient (Wildman–Crippen LogP) is 4.92. The second-order valence-electron chi connectivity index (χ2n) is 5.46. The standard InChI is InChI=1S/C16H23ClN2O/c1-5-7-12(4)19-13-8-6-9-14(20-11(2)3)16(13)18-15(19)10-17/h6,8-9,11-12H,5,7,10H2,1-4H3. The van der Waals surface area contributed by atoms with E-state index in [4.69, 9.17) is 21.3 Å². The van der Waals surface area contributed by atoms with Crippen molar-refractivity contribution >= 4 is 22.6 Å². The van der Waals surface area contributed by atoms with Crippen LogP contribution < -0.4 is 4.74 Å². The van der Waals surface area contributed by atoms with Crippen LogP contribution in [0.5, 0.6) is 5.75 Å². The molecule has 4 heteroatoms. The van der Waals surface area contributed by atoms with Crippen LogP contribution >= 0.6 is 11.6 Å². The summed E-state index contributed by atoms with van der Waals surface area (Å²) in [4.78, 5) is 4.69. The fraction of sp³-hybridized carbons (Fsp3) is 0.562. The van der Waals surface area contributed by atoms with E-state index in [-0.39, 0.29) is 6.10 Å². The Hall–Kier alpha value is -1.22. The Morgan fingerprint density at radius 1 is 1.30 bits per heavy atom. The van der Waals surface area contributed by atoms with Crippen LogP contribution in [-0.4, -0.2) is 15.7 Å². The monoisotopic (exact) mass is 294 g/mol. The van der Waals surface area contributed by atoms with Crippen molar-refractivity contribution in [2.45, 2.75) is 58.6 Å². The Morgan fingerprint density at radius 3 is 2.65 bits per heavy atom. The molecule has 2 rings (SSSR count). The van der Waals surface area contributed by atoms with Gasteiger partial charge in [0, 0.05) is 6.04 Å². The van der Waals surface area contributed by atoms with Crippen molar-refractivity contribution in [3.05, 3.63) is 24.0 Å². The molecule has 0 spiro atoms. The molecule has 0 radical (unpaired) electrons. The minimum absolute atomic E-state index is 0.137. The van der Waals surface area contributed by atoms with Crippen molar-refractivity contribution in [2.75, 3.05) is 0 Å². The van der Waals surface area contributed by atoms with Gasteiger partial charge in [-0.25, -0.2) is 4.98 Å². The average Bonchev–Trinajstić information content (AvgIpc) is 2.78. The van der Waals surface area contributed by atoms with Gasteiger partial charge in [0.15, 0.2) is 0 Å². The number of hydrogen-bond acceptors (Lipinski definition) is 2. The summed E-state index contributed by atoms with van der Waals surface area (Å²) in [5.41, 5.74) is 2.03. The molecule has 0 bridgehead atoms. The zero-order chi connectivity index (χ0) is 14.7. The lowest BCUT2D eigenvalue weighted by molar-refractivity contribution is 0.245. The summed E-state index contributed by atoms with van der Waals surface area (Å²) in [6.07, 6.45) is 2.40. The van der Waals surface area contributed by atoms with Crippen LogP contribution in [-0.2, 0) is 5.88 Å². The SMILES string of the molecule is CCCC(C)n1c(CCl)nc2c(OC(C)C)cccc21. The molecule has 1 unspecified atom stereocenters. The first kappa shape index (κ1) is 15.2. The van der Waals surface area contributed by atoms with Crippen molar-refractivity contribution in [3.8, 4) is 5.75 Å². The fourth-order valence-corrected chi connectivity index (χ4v) is 2.81. The largest absolute Gasteiger partial charge is 0.489 e. The Bertz CT molecular complexity index is 577. The molecule has 1 aromatic heterocycles. The van der Waals surface area contributed by atoms with E-state index in [0.29, 0.717) is 11.9 Å². The van der Waals surface area contributed by atoms with Crippen LogP contribution in [0, 0.1) is 0 Å². The van der Waals surface area contributed by atoms with Gasteiger partial charge in [-0.15, -0.1) is 11.6 Å². The molecule has 0 N–H and O–H groups in total. The van der Waals surface area contributed by atoms with Gasteiger partial charge in [-0.2, -0.15) is 0 Å². The topological polar surface area (TPSA) is 27.1 Å². The van der Waals surface area contributed by atoms with Gasteiger partial charge in [-0.1, -0.05) is 19.4 Å². The lowest BCUT2D eigenvalue weighted by Gasteiger charge is -2.16. The predicted molar refractivity (Wildman–Crippen MR) is 84.7 cm³/mol. The van der Waals surface area contributed by atoms with Crippen LogP contribution in [0.4, 0.5) is 0 Å². The highest BCUT2D eigenvalue weighted by Gasteiger charge is 2.17. The van der Waals surface area contributed by atoms with E-state index in [0.717, 1.165) is 35.4 Å². The maximum atomic E-state index is 6.08. The van der Waals surface area contributed by atoms with Gasteiger partial charge in [0.1, 0.15) is 17.1 Å². The number of aromatic nitrogens is 2. The molecule has 3 nitrogen and oxygen atoms in total. The normalized spacial score (nSPS) is 13.1. The van der Waals surface area contributed by atoms with Crippen LogP contribution in [0.2, 0.25) is 0 Å². The molecular weight excluding hydrogens is 272 g/mol. The van der Waals surface area contributed by atoms with E-state index in [1.165, 1.54) is 0 Å². The molecule has 0 fully saturated rings. The average molecular weight is 295 g/mol. The summed E-state index contributed by atoms with van der Waals surface area (Å²) >= 11 is 6.08. The minimum Gasteiger partial charge on any atom is -0.489 e. The highest BCUT2D eigenvalue weighted by Crippen LogP contribution is 2.31. The van der Waals surface area contributed by atoms with Gasteiger partial charge in [-0.3, -0.25) is 0 Å². The van der Waals surface area contributed by atoms with E-state index in [1.54, 1.807) is 0 Å². The third-order valence-electron chi connectivity index (χ3n) is 3.39. The molecule has 1 heterocycles. The second kappa shape index (κ2) is 6.49. The molecule has 0 saturated carbocycles. The fourth-order valence-electron chi connectivity index (χ4n) is 2.62. The number of ether oxygens (including phenoxy) is 1. The van der Waals surface area contributed by atoms with Crippen LogP contribution in [0.15, 0.2) is 18.2 Å². The maximum absolute atomic E-state index is 6.08. The molecule has 1 atom stereocenters. The van der Waals surface area contributed by atoms with Gasteiger partial charge in [0.2, 0.25) is 0 Å². The summed E-state index contributed by atoms with van der Waals surface area (Å²) in [6.45, 7) is 8.47. The number of rotatable bonds is 6. The number of para-hydroxylation sites is 1. The highest BCUT2D eigenvalue weighted by molar-refractivity contribution is 6.16. The molecule has 20 heavy (non-hydrogen) atoms. The lowest BCUT2D eigenvalue weighted by Crippen LogP contribution is -2.08. The smallest absolute Gasteiger partial charge is 0.147 e. The van der Waals surface area contributed by atoms with Crippen LogP contribution in [0.1, 0.15) is 52.4 Å². The third-order valence-corrected chi connectivity index (χ3v) is 3.62. The van der Waals surface area contributed by atoms with Crippen molar-refractivity contribution in [1.29, 1.82) is 0 Å².